The van der Waals surface area contributed by atoms with Gasteiger partial charge in [0.05, 0.1) is 13.0 Å². The molecule has 1 aliphatic carbocycles. The van der Waals surface area contributed by atoms with Crippen LogP contribution in [0.4, 0.5) is 0 Å². The molecular weight excluding hydrogens is 184 g/mol. The highest BCUT2D eigenvalue weighted by Crippen LogP contribution is 2.29. The van der Waals surface area contributed by atoms with E-state index in [4.69, 9.17) is 9.47 Å². The van der Waals surface area contributed by atoms with Crippen LogP contribution in [0.2, 0.25) is 0 Å². The molecular formula is C10H12O4. The zero-order valence-corrected chi connectivity index (χ0v) is 8.04. The maximum Gasteiger partial charge on any atom is 0.314 e. The number of allylic oxidation sites excluding steroid dienone is 2. The van der Waals surface area contributed by atoms with E-state index in [0.29, 0.717) is 18.6 Å². The van der Waals surface area contributed by atoms with Crippen LogP contribution in [-0.4, -0.2) is 18.4 Å². The van der Waals surface area contributed by atoms with Crippen LogP contribution in [0.5, 0.6) is 0 Å². The number of esters is 1. The molecule has 0 fully saturated rings. The maximum atomic E-state index is 11.5. The fourth-order valence-electron chi connectivity index (χ4n) is 1.72. The van der Waals surface area contributed by atoms with Crippen molar-refractivity contribution < 1.29 is 19.1 Å². The van der Waals surface area contributed by atoms with Crippen LogP contribution in [0.15, 0.2) is 11.5 Å². The van der Waals surface area contributed by atoms with Crippen molar-refractivity contribution in [2.24, 2.45) is 5.92 Å². The molecule has 14 heavy (non-hydrogen) atoms. The fourth-order valence-corrected chi connectivity index (χ4v) is 1.72. The average molecular weight is 196 g/mol. The van der Waals surface area contributed by atoms with Crippen molar-refractivity contribution in [1.29, 1.82) is 0 Å². The lowest BCUT2D eigenvalue weighted by Crippen LogP contribution is -2.20. The van der Waals surface area contributed by atoms with Gasteiger partial charge in [-0.1, -0.05) is 6.92 Å². The van der Waals surface area contributed by atoms with Gasteiger partial charge in [-0.15, -0.1) is 0 Å². The van der Waals surface area contributed by atoms with E-state index in [2.05, 4.69) is 0 Å². The zero-order chi connectivity index (χ0) is 10.1. The number of hydrogen-bond donors (Lipinski definition) is 0. The third kappa shape index (κ3) is 1.64. The Bertz CT molecular complexity index is 316. The van der Waals surface area contributed by atoms with E-state index in [9.17, 15) is 9.59 Å². The topological polar surface area (TPSA) is 52.6 Å². The Labute approximate surface area is 81.9 Å². The fraction of sp³-hybridized carbons (Fsp3) is 0.600. The molecule has 0 aromatic carbocycles. The molecule has 76 valence electrons. The summed E-state index contributed by atoms with van der Waals surface area (Å²) in [4.78, 5) is 22.6. The second-order valence-electron chi connectivity index (χ2n) is 3.76. The van der Waals surface area contributed by atoms with Crippen LogP contribution in [0, 0.1) is 5.92 Å². The highest BCUT2D eigenvalue weighted by molar-refractivity contribution is 5.95. The average Bonchev–Trinajstić information content (AvgIpc) is 2.25. The van der Waals surface area contributed by atoms with Gasteiger partial charge in [-0.2, -0.15) is 0 Å². The molecule has 0 spiro atoms. The molecule has 2 aliphatic rings. The molecule has 0 N–H and O–H groups in total. The second-order valence-corrected chi connectivity index (χ2v) is 3.76. The van der Waals surface area contributed by atoms with E-state index in [0.717, 1.165) is 0 Å². The molecule has 4 nitrogen and oxygen atoms in total. The highest BCUT2D eigenvalue weighted by Gasteiger charge is 2.31. The van der Waals surface area contributed by atoms with Gasteiger partial charge in [0.15, 0.2) is 5.76 Å². The van der Waals surface area contributed by atoms with Crippen molar-refractivity contribution in [3.8, 4) is 0 Å². The van der Waals surface area contributed by atoms with E-state index in [1.54, 1.807) is 0 Å². The molecule has 0 amide bonds. The third-order valence-electron chi connectivity index (χ3n) is 2.36. The number of carbonyl (C=O) groups excluding carboxylic acids is 2. The first-order chi connectivity index (χ1) is 6.66. The summed E-state index contributed by atoms with van der Waals surface area (Å²) in [5.41, 5.74) is 0. The van der Waals surface area contributed by atoms with Gasteiger partial charge in [-0.25, -0.2) is 0 Å². The van der Waals surface area contributed by atoms with Crippen molar-refractivity contribution in [2.75, 3.05) is 6.61 Å². The lowest BCUT2D eigenvalue weighted by atomic mass is 9.93. The predicted octanol–water partition coefficient (Wildman–Crippen LogP) is 1.16. The Morgan fingerprint density at radius 3 is 2.86 bits per heavy atom. The number of rotatable bonds is 0. The zero-order valence-electron chi connectivity index (χ0n) is 8.04. The van der Waals surface area contributed by atoms with Gasteiger partial charge in [0.1, 0.15) is 0 Å². The number of Topliss-reactive ketones (excluding diaryl/α,β-unsaturated/α-hetero) is 1. The summed E-state index contributed by atoms with van der Waals surface area (Å²) in [6.07, 6.45) is 1.32. The largest absolute Gasteiger partial charge is 0.486 e. The van der Waals surface area contributed by atoms with Gasteiger partial charge in [0.2, 0.25) is 11.5 Å². The van der Waals surface area contributed by atoms with E-state index in [-0.39, 0.29) is 36.5 Å². The van der Waals surface area contributed by atoms with Crippen LogP contribution in [0.1, 0.15) is 26.2 Å². The summed E-state index contributed by atoms with van der Waals surface area (Å²) >= 11 is 0. The van der Waals surface area contributed by atoms with Crippen LogP contribution < -0.4 is 0 Å². The first-order valence-electron chi connectivity index (χ1n) is 4.76. The standard InChI is InChI=1S/C10H12O4/c1-6-4-7(11)10-8(5-6)14-9(12)2-3-13-10/h6H,2-5H2,1H3. The first-order valence-corrected chi connectivity index (χ1v) is 4.76. The minimum Gasteiger partial charge on any atom is -0.486 e. The smallest absolute Gasteiger partial charge is 0.314 e. The van der Waals surface area contributed by atoms with Crippen LogP contribution in [0.25, 0.3) is 0 Å². The molecule has 0 saturated heterocycles. The Morgan fingerprint density at radius 2 is 2.07 bits per heavy atom. The van der Waals surface area contributed by atoms with E-state index in [1.807, 2.05) is 6.92 Å². The molecule has 0 saturated carbocycles. The van der Waals surface area contributed by atoms with Gasteiger partial charge in [0, 0.05) is 12.8 Å². The molecule has 1 heterocycles. The van der Waals surface area contributed by atoms with E-state index in [1.165, 1.54) is 0 Å². The summed E-state index contributed by atoms with van der Waals surface area (Å²) in [5.74, 6) is 0.575. The summed E-state index contributed by atoms with van der Waals surface area (Å²) < 4.78 is 10.3. The Hall–Kier alpha value is -1.32. The third-order valence-corrected chi connectivity index (χ3v) is 2.36. The number of ether oxygens (including phenoxy) is 2. The van der Waals surface area contributed by atoms with Crippen LogP contribution in [0.3, 0.4) is 0 Å². The van der Waals surface area contributed by atoms with Gasteiger partial charge in [-0.3, -0.25) is 9.59 Å². The molecule has 1 atom stereocenters. The quantitative estimate of drug-likeness (QED) is 0.545. The molecule has 4 heteroatoms. The number of ketones is 1. The van der Waals surface area contributed by atoms with Crippen molar-refractivity contribution in [3.05, 3.63) is 11.5 Å². The van der Waals surface area contributed by atoms with Gasteiger partial charge in [0.25, 0.3) is 0 Å². The normalized spacial score (nSPS) is 27.6. The van der Waals surface area contributed by atoms with Crippen molar-refractivity contribution in [2.45, 2.75) is 26.2 Å². The van der Waals surface area contributed by atoms with Crippen molar-refractivity contribution >= 4 is 11.8 Å². The Balaban J connectivity index is 2.29. The summed E-state index contributed by atoms with van der Waals surface area (Å²) in [6.45, 7) is 2.21. The van der Waals surface area contributed by atoms with E-state index < -0.39 is 0 Å². The Morgan fingerprint density at radius 1 is 1.29 bits per heavy atom. The molecule has 0 radical (unpaired) electrons. The summed E-state index contributed by atoms with van der Waals surface area (Å²) in [6, 6.07) is 0. The van der Waals surface area contributed by atoms with Crippen LogP contribution >= 0.6 is 0 Å². The molecule has 0 aromatic heterocycles. The minimum absolute atomic E-state index is 0.0477. The van der Waals surface area contributed by atoms with Gasteiger partial charge >= 0.3 is 5.97 Å². The second kappa shape index (κ2) is 3.44. The summed E-state index contributed by atoms with van der Waals surface area (Å²) in [5, 5.41) is 0. The van der Waals surface area contributed by atoms with E-state index >= 15 is 0 Å². The van der Waals surface area contributed by atoms with Crippen LogP contribution in [-0.2, 0) is 19.1 Å². The lowest BCUT2D eigenvalue weighted by molar-refractivity contribution is -0.139. The molecule has 0 bridgehead atoms. The highest BCUT2D eigenvalue weighted by atomic mass is 16.6. The monoisotopic (exact) mass is 196 g/mol. The predicted molar refractivity (Wildman–Crippen MR) is 47.1 cm³/mol. The molecule has 1 aliphatic heterocycles. The Kier molecular flexibility index (Phi) is 2.27. The van der Waals surface area contributed by atoms with Crippen molar-refractivity contribution in [1.82, 2.24) is 0 Å². The SMILES string of the molecule is CC1CC(=O)C2=C(C1)OC(=O)CCO2. The molecule has 2 rings (SSSR count). The molecule has 0 aromatic rings. The number of carbonyl (C=O) groups is 2. The maximum absolute atomic E-state index is 11.5. The van der Waals surface area contributed by atoms with Gasteiger partial charge in [-0.05, 0) is 5.92 Å². The number of hydrogen-bond acceptors (Lipinski definition) is 4. The first kappa shape index (κ1) is 9.24. The van der Waals surface area contributed by atoms with Gasteiger partial charge < -0.3 is 9.47 Å². The minimum atomic E-state index is -0.308. The summed E-state index contributed by atoms with van der Waals surface area (Å²) in [7, 11) is 0. The van der Waals surface area contributed by atoms with Crippen molar-refractivity contribution in [3.63, 3.8) is 0 Å². The molecule has 1 unspecified atom stereocenters. The lowest BCUT2D eigenvalue weighted by Gasteiger charge is -2.20.